The third-order valence-corrected chi connectivity index (χ3v) is 6.92. The van der Waals surface area contributed by atoms with Gasteiger partial charge in [-0.1, -0.05) is 24.3 Å². The lowest BCUT2D eigenvalue weighted by atomic mass is 10.1. The molecule has 0 amide bonds. The van der Waals surface area contributed by atoms with Gasteiger partial charge in [0.15, 0.2) is 0 Å². The van der Waals surface area contributed by atoms with Crippen LogP contribution in [0.25, 0.3) is 0 Å². The topological polar surface area (TPSA) is 40.6 Å². The van der Waals surface area contributed by atoms with Crippen LogP contribution in [0.3, 0.4) is 0 Å². The van der Waals surface area contributed by atoms with Crippen LogP contribution in [0.5, 0.6) is 0 Å². The van der Waals surface area contributed by atoms with Gasteiger partial charge in [-0.05, 0) is 43.2 Å². The lowest BCUT2D eigenvalue weighted by Crippen LogP contribution is -2.49. The van der Waals surface area contributed by atoms with Crippen LogP contribution in [0.1, 0.15) is 16.7 Å². The third kappa shape index (κ3) is 3.82. The van der Waals surface area contributed by atoms with E-state index in [0.29, 0.717) is 13.1 Å². The Hall–Kier alpha value is -2.06. The van der Waals surface area contributed by atoms with Crippen LogP contribution >= 0.6 is 0 Å². The molecular weight excluding hydrogens is 377 g/mol. The molecule has 0 unspecified atom stereocenters. The summed E-state index contributed by atoms with van der Waals surface area (Å²) in [6.45, 7) is 5.15. The van der Waals surface area contributed by atoms with Crippen molar-refractivity contribution in [3.05, 3.63) is 59.2 Å². The Morgan fingerprint density at radius 3 is 2.15 bits per heavy atom. The number of alkyl halides is 3. The first-order valence-corrected chi connectivity index (χ1v) is 10.0. The van der Waals surface area contributed by atoms with E-state index in [2.05, 4.69) is 4.90 Å². The summed E-state index contributed by atoms with van der Waals surface area (Å²) < 4.78 is 66.5. The van der Waals surface area contributed by atoms with Crippen molar-refractivity contribution in [2.24, 2.45) is 0 Å². The minimum absolute atomic E-state index is 0.141. The molecule has 0 saturated carbocycles. The zero-order chi connectivity index (χ0) is 19.8. The number of rotatable bonds is 3. The largest absolute Gasteiger partial charge is 0.417 e. The number of sulfonamides is 1. The first-order valence-electron chi connectivity index (χ1n) is 8.60. The normalized spacial score (nSPS) is 16.6. The van der Waals surface area contributed by atoms with Gasteiger partial charge in [0.2, 0.25) is 10.0 Å². The monoisotopic (exact) mass is 398 g/mol. The summed E-state index contributed by atoms with van der Waals surface area (Å²) in [5.41, 5.74) is 2.17. The van der Waals surface area contributed by atoms with Crippen LogP contribution in [0, 0.1) is 13.8 Å². The van der Waals surface area contributed by atoms with Crippen molar-refractivity contribution in [3.63, 3.8) is 0 Å². The van der Waals surface area contributed by atoms with E-state index >= 15 is 0 Å². The second kappa shape index (κ2) is 7.16. The van der Waals surface area contributed by atoms with Gasteiger partial charge in [-0.2, -0.15) is 17.5 Å². The second-order valence-corrected chi connectivity index (χ2v) is 8.51. The van der Waals surface area contributed by atoms with Gasteiger partial charge in [-0.3, -0.25) is 0 Å². The second-order valence-electron chi connectivity index (χ2n) is 6.60. The summed E-state index contributed by atoms with van der Waals surface area (Å²) in [4.78, 5) is 1.39. The minimum Gasteiger partial charge on any atom is -0.369 e. The lowest BCUT2D eigenvalue weighted by molar-refractivity contribution is -0.139. The molecule has 1 aliphatic rings. The Morgan fingerprint density at radius 2 is 1.52 bits per heavy atom. The highest BCUT2D eigenvalue weighted by Gasteiger charge is 2.39. The molecule has 2 aromatic carbocycles. The molecule has 1 heterocycles. The third-order valence-electron chi connectivity index (χ3n) is 4.97. The van der Waals surface area contributed by atoms with Gasteiger partial charge in [0.05, 0.1) is 10.5 Å². The summed E-state index contributed by atoms with van der Waals surface area (Å²) >= 11 is 0. The van der Waals surface area contributed by atoms with Crippen molar-refractivity contribution < 1.29 is 21.6 Å². The zero-order valence-electron chi connectivity index (χ0n) is 15.1. The average molecular weight is 398 g/mol. The van der Waals surface area contributed by atoms with Gasteiger partial charge in [0, 0.05) is 31.9 Å². The maximum atomic E-state index is 13.2. The average Bonchev–Trinajstić information content (AvgIpc) is 2.63. The van der Waals surface area contributed by atoms with Crippen LogP contribution in [-0.4, -0.2) is 38.9 Å². The van der Waals surface area contributed by atoms with Gasteiger partial charge in [0.25, 0.3) is 0 Å². The number of anilines is 1. The van der Waals surface area contributed by atoms with E-state index in [-0.39, 0.29) is 13.1 Å². The number of hydrogen-bond acceptors (Lipinski definition) is 3. The molecule has 0 aliphatic carbocycles. The molecule has 0 N–H and O–H groups in total. The van der Waals surface area contributed by atoms with E-state index < -0.39 is 26.7 Å². The maximum Gasteiger partial charge on any atom is 0.417 e. The van der Waals surface area contributed by atoms with Crippen LogP contribution < -0.4 is 4.90 Å². The van der Waals surface area contributed by atoms with E-state index in [1.165, 1.54) is 12.1 Å². The number of benzene rings is 2. The molecule has 0 aromatic heterocycles. The lowest BCUT2D eigenvalue weighted by Gasteiger charge is -2.36. The van der Waals surface area contributed by atoms with Crippen LogP contribution in [0.4, 0.5) is 18.9 Å². The fourth-order valence-electron chi connectivity index (χ4n) is 3.31. The van der Waals surface area contributed by atoms with E-state index in [0.717, 1.165) is 33.3 Å². The molecule has 0 spiro atoms. The summed E-state index contributed by atoms with van der Waals surface area (Å²) in [7, 11) is -4.21. The number of nitrogens with zero attached hydrogens (tertiary/aromatic N) is 2. The highest BCUT2D eigenvalue weighted by Crippen LogP contribution is 2.35. The molecule has 2 aromatic rings. The predicted molar refractivity (Wildman–Crippen MR) is 98.3 cm³/mol. The van der Waals surface area contributed by atoms with Gasteiger partial charge in [-0.15, -0.1) is 0 Å². The van der Waals surface area contributed by atoms with E-state index in [9.17, 15) is 21.6 Å². The molecular formula is C19H21F3N2O2S. The smallest absolute Gasteiger partial charge is 0.369 e. The SMILES string of the molecule is Cc1cccc(N2CCN(S(=O)(=O)c3ccccc3C(F)(F)F)CC2)c1C. The highest BCUT2D eigenvalue weighted by molar-refractivity contribution is 7.89. The molecule has 0 radical (unpaired) electrons. The molecule has 1 saturated heterocycles. The summed E-state index contributed by atoms with van der Waals surface area (Å²) in [6, 6.07) is 10.3. The van der Waals surface area contributed by atoms with Crippen molar-refractivity contribution in [3.8, 4) is 0 Å². The van der Waals surface area contributed by atoms with Gasteiger partial charge in [-0.25, -0.2) is 8.42 Å². The van der Waals surface area contributed by atoms with Crippen molar-refractivity contribution in [1.82, 2.24) is 4.31 Å². The number of piperazine rings is 1. The Morgan fingerprint density at radius 1 is 0.889 bits per heavy atom. The molecule has 146 valence electrons. The number of hydrogen-bond donors (Lipinski definition) is 0. The summed E-state index contributed by atoms with van der Waals surface area (Å²) in [5, 5.41) is 0. The molecule has 3 rings (SSSR count). The van der Waals surface area contributed by atoms with Crippen LogP contribution in [-0.2, 0) is 16.2 Å². The Kier molecular flexibility index (Phi) is 5.22. The Balaban J connectivity index is 1.83. The molecule has 0 atom stereocenters. The maximum absolute atomic E-state index is 13.2. The quantitative estimate of drug-likeness (QED) is 0.789. The zero-order valence-corrected chi connectivity index (χ0v) is 15.9. The minimum atomic E-state index is -4.72. The van der Waals surface area contributed by atoms with E-state index in [1.807, 2.05) is 32.0 Å². The van der Waals surface area contributed by atoms with E-state index in [4.69, 9.17) is 0 Å². The highest BCUT2D eigenvalue weighted by atomic mass is 32.2. The number of aryl methyl sites for hydroxylation is 1. The first-order chi connectivity index (χ1) is 12.6. The van der Waals surface area contributed by atoms with Crippen LogP contribution in [0.15, 0.2) is 47.4 Å². The van der Waals surface area contributed by atoms with Crippen molar-refractivity contribution >= 4 is 15.7 Å². The van der Waals surface area contributed by atoms with Gasteiger partial charge >= 0.3 is 6.18 Å². The molecule has 4 nitrogen and oxygen atoms in total. The van der Waals surface area contributed by atoms with Crippen molar-refractivity contribution in [2.75, 3.05) is 31.1 Å². The number of halogens is 3. The standard InChI is InChI=1S/C19H21F3N2O2S/c1-14-6-5-8-17(15(14)2)23-10-12-24(13-11-23)27(25,26)18-9-4-3-7-16(18)19(20,21)22/h3-9H,10-13H2,1-2H3. The van der Waals surface area contributed by atoms with Gasteiger partial charge < -0.3 is 4.90 Å². The summed E-state index contributed by atoms with van der Waals surface area (Å²) in [6.07, 6.45) is -4.72. The summed E-state index contributed by atoms with van der Waals surface area (Å²) in [5.74, 6) is 0. The molecule has 1 aliphatic heterocycles. The molecule has 0 bridgehead atoms. The molecule has 1 fully saturated rings. The van der Waals surface area contributed by atoms with Crippen LogP contribution in [0.2, 0.25) is 0 Å². The predicted octanol–water partition coefficient (Wildman–Crippen LogP) is 3.83. The van der Waals surface area contributed by atoms with Gasteiger partial charge in [0.1, 0.15) is 0 Å². The van der Waals surface area contributed by atoms with E-state index in [1.54, 1.807) is 0 Å². The Labute approximate surface area is 157 Å². The fraction of sp³-hybridized carbons (Fsp3) is 0.368. The fourth-order valence-corrected chi connectivity index (χ4v) is 4.95. The first kappa shape index (κ1) is 19.7. The molecule has 27 heavy (non-hydrogen) atoms. The molecule has 8 heteroatoms. The van der Waals surface area contributed by atoms with Crippen molar-refractivity contribution in [2.45, 2.75) is 24.9 Å². The van der Waals surface area contributed by atoms with Crippen molar-refractivity contribution in [1.29, 1.82) is 0 Å². The Bertz CT molecular complexity index is 934.